The molecule has 0 aromatic carbocycles. The molecule has 0 aliphatic heterocycles. The first-order valence-corrected chi connectivity index (χ1v) is 5.51. The Kier molecular flexibility index (Phi) is 2.56. The first-order chi connectivity index (χ1) is 5.97. The minimum atomic E-state index is -3.27. The van der Waals surface area contributed by atoms with Crippen molar-refractivity contribution in [3.63, 3.8) is 0 Å². The Labute approximate surface area is 77.2 Å². The summed E-state index contributed by atoms with van der Waals surface area (Å²) in [6.45, 7) is 3.15. The van der Waals surface area contributed by atoms with Crippen molar-refractivity contribution in [3.05, 3.63) is 18.0 Å². The van der Waals surface area contributed by atoms with E-state index in [9.17, 15) is 8.42 Å². The second-order valence-electron chi connectivity index (χ2n) is 2.68. The molecule has 72 valence electrons. The van der Waals surface area contributed by atoms with Crippen LogP contribution in [0.15, 0.2) is 17.2 Å². The molecule has 0 unspecified atom stereocenters. The van der Waals surface area contributed by atoms with Gasteiger partial charge in [0.2, 0.25) is 0 Å². The summed E-state index contributed by atoms with van der Waals surface area (Å²) in [7, 11) is -3.27. The van der Waals surface area contributed by atoms with Gasteiger partial charge in [-0.05, 0) is 6.92 Å². The quantitative estimate of drug-likeness (QED) is 0.771. The minimum absolute atomic E-state index is 0.0129. The zero-order chi connectivity index (χ0) is 10.1. The van der Waals surface area contributed by atoms with Crippen LogP contribution in [-0.2, 0) is 9.84 Å². The molecule has 0 fully saturated rings. The van der Waals surface area contributed by atoms with Gasteiger partial charge in [-0.2, -0.15) is 0 Å². The summed E-state index contributed by atoms with van der Waals surface area (Å²) in [5.74, 6) is -0.114. The van der Waals surface area contributed by atoms with Crippen LogP contribution in [0.3, 0.4) is 0 Å². The van der Waals surface area contributed by atoms with E-state index in [0.717, 1.165) is 0 Å². The number of pyridine rings is 1. The Morgan fingerprint density at radius 2 is 2.15 bits per heavy atom. The third kappa shape index (κ3) is 1.98. The highest BCUT2D eigenvalue weighted by Crippen LogP contribution is 2.19. The number of aryl methyl sites for hydroxylation is 1. The highest BCUT2D eigenvalue weighted by atomic mass is 32.2. The molecule has 1 rings (SSSR count). The van der Waals surface area contributed by atoms with Crippen molar-refractivity contribution < 1.29 is 13.5 Å². The SMILES string of the molecule is CCS(=O)(=O)c1cc(O)cnc1C. The standard InChI is InChI=1S/C8H11NO3S/c1-3-13(11,12)8-4-7(10)5-9-6(8)2/h4-5,10H,3H2,1-2H3. The van der Waals surface area contributed by atoms with E-state index < -0.39 is 9.84 Å². The molecular weight excluding hydrogens is 190 g/mol. The number of hydrogen-bond acceptors (Lipinski definition) is 4. The van der Waals surface area contributed by atoms with Gasteiger partial charge in [-0.25, -0.2) is 8.42 Å². The van der Waals surface area contributed by atoms with Gasteiger partial charge in [0, 0.05) is 6.07 Å². The molecule has 0 spiro atoms. The van der Waals surface area contributed by atoms with Crippen LogP contribution in [0.1, 0.15) is 12.6 Å². The van der Waals surface area contributed by atoms with Gasteiger partial charge in [0.25, 0.3) is 0 Å². The average molecular weight is 201 g/mol. The fourth-order valence-electron chi connectivity index (χ4n) is 0.973. The number of sulfone groups is 1. The predicted molar refractivity (Wildman–Crippen MR) is 48.4 cm³/mol. The normalized spacial score (nSPS) is 11.5. The zero-order valence-corrected chi connectivity index (χ0v) is 8.30. The number of aromatic nitrogens is 1. The van der Waals surface area contributed by atoms with Crippen LogP contribution in [0.25, 0.3) is 0 Å². The van der Waals surface area contributed by atoms with Crippen LogP contribution in [-0.4, -0.2) is 24.3 Å². The molecule has 13 heavy (non-hydrogen) atoms. The Hall–Kier alpha value is -1.10. The Morgan fingerprint density at radius 1 is 1.54 bits per heavy atom. The second kappa shape index (κ2) is 3.33. The average Bonchev–Trinajstić information content (AvgIpc) is 2.09. The molecule has 1 heterocycles. The van der Waals surface area contributed by atoms with Gasteiger partial charge in [-0.3, -0.25) is 4.98 Å². The molecule has 0 aliphatic carbocycles. The molecule has 0 saturated carbocycles. The Balaban J connectivity index is 3.38. The fraction of sp³-hybridized carbons (Fsp3) is 0.375. The summed E-state index contributed by atoms with van der Waals surface area (Å²) in [6, 6.07) is 1.22. The molecule has 0 saturated heterocycles. The van der Waals surface area contributed by atoms with Crippen molar-refractivity contribution in [1.29, 1.82) is 0 Å². The van der Waals surface area contributed by atoms with Gasteiger partial charge in [0.15, 0.2) is 9.84 Å². The minimum Gasteiger partial charge on any atom is -0.506 e. The van der Waals surface area contributed by atoms with Crippen molar-refractivity contribution in [2.45, 2.75) is 18.7 Å². The fourth-order valence-corrected chi connectivity index (χ4v) is 2.09. The number of rotatable bonds is 2. The van der Waals surface area contributed by atoms with Crippen LogP contribution in [0, 0.1) is 6.92 Å². The second-order valence-corrected chi connectivity index (χ2v) is 4.93. The van der Waals surface area contributed by atoms with Gasteiger partial charge in [0.1, 0.15) is 5.75 Å². The van der Waals surface area contributed by atoms with Gasteiger partial charge in [-0.1, -0.05) is 6.92 Å². The van der Waals surface area contributed by atoms with Crippen molar-refractivity contribution in [2.24, 2.45) is 0 Å². The molecule has 1 aromatic rings. The van der Waals surface area contributed by atoms with Crippen LogP contribution in [0.5, 0.6) is 5.75 Å². The lowest BCUT2D eigenvalue weighted by atomic mass is 10.4. The van der Waals surface area contributed by atoms with Crippen LogP contribution in [0.2, 0.25) is 0 Å². The van der Waals surface area contributed by atoms with E-state index in [1.165, 1.54) is 12.3 Å². The molecule has 0 bridgehead atoms. The van der Waals surface area contributed by atoms with Crippen LogP contribution in [0.4, 0.5) is 0 Å². The molecule has 4 nitrogen and oxygen atoms in total. The summed E-state index contributed by atoms with van der Waals surface area (Å²) in [5.41, 5.74) is 0.416. The van der Waals surface area contributed by atoms with Gasteiger partial charge in [0.05, 0.1) is 22.5 Å². The van der Waals surface area contributed by atoms with E-state index in [0.29, 0.717) is 5.69 Å². The van der Waals surface area contributed by atoms with E-state index in [1.54, 1.807) is 13.8 Å². The largest absolute Gasteiger partial charge is 0.506 e. The van der Waals surface area contributed by atoms with E-state index >= 15 is 0 Å². The first-order valence-electron chi connectivity index (χ1n) is 3.85. The summed E-state index contributed by atoms with van der Waals surface area (Å²) in [5, 5.41) is 9.07. The van der Waals surface area contributed by atoms with Gasteiger partial charge < -0.3 is 5.11 Å². The molecule has 1 N–H and O–H groups in total. The molecule has 5 heteroatoms. The number of nitrogens with zero attached hydrogens (tertiary/aromatic N) is 1. The molecule has 0 amide bonds. The molecule has 1 aromatic heterocycles. The van der Waals surface area contributed by atoms with Crippen LogP contribution >= 0.6 is 0 Å². The Bertz CT molecular complexity index is 411. The van der Waals surface area contributed by atoms with Crippen LogP contribution < -0.4 is 0 Å². The van der Waals surface area contributed by atoms with Crippen molar-refractivity contribution in [2.75, 3.05) is 5.75 Å². The summed E-state index contributed by atoms with van der Waals surface area (Å²) in [6.07, 6.45) is 1.23. The zero-order valence-electron chi connectivity index (χ0n) is 7.48. The van der Waals surface area contributed by atoms with Gasteiger partial charge >= 0.3 is 0 Å². The predicted octanol–water partition coefficient (Wildman–Crippen LogP) is 0.889. The molecule has 0 radical (unpaired) electrons. The summed E-state index contributed by atoms with van der Waals surface area (Å²) < 4.78 is 22.8. The maximum atomic E-state index is 11.4. The maximum Gasteiger partial charge on any atom is 0.180 e. The van der Waals surface area contributed by atoms with Crippen molar-refractivity contribution in [1.82, 2.24) is 4.98 Å². The molecule has 0 aliphatic rings. The lowest BCUT2D eigenvalue weighted by Gasteiger charge is -2.04. The third-order valence-electron chi connectivity index (χ3n) is 1.74. The van der Waals surface area contributed by atoms with Crippen molar-refractivity contribution in [3.8, 4) is 5.75 Å². The van der Waals surface area contributed by atoms with E-state index in [-0.39, 0.29) is 16.4 Å². The van der Waals surface area contributed by atoms with Gasteiger partial charge in [-0.15, -0.1) is 0 Å². The topological polar surface area (TPSA) is 67.3 Å². The van der Waals surface area contributed by atoms with Crippen molar-refractivity contribution >= 4 is 9.84 Å². The van der Waals surface area contributed by atoms with E-state index in [1.807, 2.05) is 0 Å². The monoisotopic (exact) mass is 201 g/mol. The highest BCUT2D eigenvalue weighted by molar-refractivity contribution is 7.91. The van der Waals surface area contributed by atoms with E-state index in [2.05, 4.69) is 4.98 Å². The molecule has 0 atom stereocenters. The lowest BCUT2D eigenvalue weighted by molar-refractivity contribution is 0.469. The lowest BCUT2D eigenvalue weighted by Crippen LogP contribution is -2.06. The maximum absolute atomic E-state index is 11.4. The first kappa shape index (κ1) is 9.98. The van der Waals surface area contributed by atoms with E-state index in [4.69, 9.17) is 5.11 Å². The molecular formula is C8H11NO3S. The number of hydrogen-bond donors (Lipinski definition) is 1. The summed E-state index contributed by atoms with van der Waals surface area (Å²) in [4.78, 5) is 3.87. The highest BCUT2D eigenvalue weighted by Gasteiger charge is 2.15. The summed E-state index contributed by atoms with van der Waals surface area (Å²) >= 11 is 0. The number of aromatic hydroxyl groups is 1. The Morgan fingerprint density at radius 3 is 2.69 bits per heavy atom. The smallest absolute Gasteiger partial charge is 0.180 e. The third-order valence-corrected chi connectivity index (χ3v) is 3.58.